The average molecular weight is 1140 g/mol. The van der Waals surface area contributed by atoms with Gasteiger partial charge in [0.15, 0.2) is 24.6 Å². The summed E-state index contributed by atoms with van der Waals surface area (Å²) >= 11 is 0. The lowest BCUT2D eigenvalue weighted by molar-refractivity contribution is -0.301. The van der Waals surface area contributed by atoms with Crippen molar-refractivity contribution in [2.24, 2.45) is 0 Å². The molecule has 0 aromatic heterocycles. The summed E-state index contributed by atoms with van der Waals surface area (Å²) in [4.78, 5) is 51.4. The lowest BCUT2D eigenvalue weighted by atomic mass is 9.98. The number of carboxylic acid groups (broad SMARTS) is 1. The number of carboxylic acids is 1. The largest absolute Gasteiger partial charge is 0.479 e. The highest BCUT2D eigenvalue weighted by Gasteiger charge is 2.50. The molecule has 1 rings (SSSR count). The van der Waals surface area contributed by atoms with Gasteiger partial charge < -0.3 is 39.0 Å². The highest BCUT2D eigenvalue weighted by molar-refractivity contribution is 5.74. The van der Waals surface area contributed by atoms with Crippen LogP contribution in [-0.4, -0.2) is 89.2 Å². The third-order valence-corrected chi connectivity index (χ3v) is 15.1. The standard InChI is InChI=1S/C69H120O12/c1-4-7-10-13-16-19-22-25-28-30-31-33-35-37-40-43-46-49-52-55-61(70)77-58-60(79-62(71)56-53-50-47-44-41-38-34-27-24-21-18-15-12-9-6-3)59-78-69-67(65(74)64(73)66(81-69)68(75)76)80-63(72)57-54-51-48-45-42-39-36-32-29-26-23-20-17-14-11-8-5-2/h8,11,16-17,19-20,25-26,28-29,60,64-67,69,73-74H,4-7,9-10,12-15,18,21-24,27,30-59H2,1-3H3,(H,75,76)/b11-8-,19-16-,20-17-,28-25-,29-26-. The number of aliphatic hydroxyl groups is 2. The Hall–Kier alpha value is -3.58. The minimum Gasteiger partial charge on any atom is -0.479 e. The van der Waals surface area contributed by atoms with Gasteiger partial charge in [0, 0.05) is 19.3 Å². The van der Waals surface area contributed by atoms with Gasteiger partial charge in [-0.05, 0) is 83.5 Å². The van der Waals surface area contributed by atoms with Gasteiger partial charge in [0.1, 0.15) is 18.8 Å². The van der Waals surface area contributed by atoms with Crippen molar-refractivity contribution in [3.63, 3.8) is 0 Å². The molecule has 6 atom stereocenters. The fraction of sp³-hybridized carbons (Fsp3) is 0.797. The van der Waals surface area contributed by atoms with E-state index in [1.165, 1.54) is 128 Å². The zero-order valence-electron chi connectivity index (χ0n) is 51.8. The predicted octanol–water partition coefficient (Wildman–Crippen LogP) is 17.9. The molecule has 12 nitrogen and oxygen atoms in total. The Labute approximate surface area is 494 Å². The van der Waals surface area contributed by atoms with Gasteiger partial charge >= 0.3 is 23.9 Å². The molecule has 1 heterocycles. The van der Waals surface area contributed by atoms with Gasteiger partial charge in [-0.1, -0.05) is 261 Å². The van der Waals surface area contributed by atoms with Crippen molar-refractivity contribution < 1.29 is 58.2 Å². The first-order valence-corrected chi connectivity index (χ1v) is 33.3. The molecule has 468 valence electrons. The predicted molar refractivity (Wildman–Crippen MR) is 331 cm³/mol. The van der Waals surface area contributed by atoms with Gasteiger partial charge in [-0.2, -0.15) is 0 Å². The number of esters is 3. The Bertz CT molecular complexity index is 1640. The minimum atomic E-state index is -1.91. The first-order valence-electron chi connectivity index (χ1n) is 33.3. The van der Waals surface area contributed by atoms with Crippen molar-refractivity contribution in [1.29, 1.82) is 0 Å². The average Bonchev–Trinajstić information content (AvgIpc) is 3.53. The van der Waals surface area contributed by atoms with E-state index in [2.05, 4.69) is 81.5 Å². The Balaban J connectivity index is 2.64. The number of aliphatic carboxylic acids is 1. The molecule has 1 saturated heterocycles. The molecule has 0 aromatic rings. The summed E-state index contributed by atoms with van der Waals surface area (Å²) in [5.74, 6) is -3.11. The minimum absolute atomic E-state index is 0.0499. The summed E-state index contributed by atoms with van der Waals surface area (Å²) in [7, 11) is 0. The summed E-state index contributed by atoms with van der Waals surface area (Å²) < 4.78 is 28.6. The molecule has 1 aliphatic rings. The number of allylic oxidation sites excluding steroid dienone is 10. The van der Waals surface area contributed by atoms with Crippen molar-refractivity contribution in [3.05, 3.63) is 60.8 Å². The highest BCUT2D eigenvalue weighted by Crippen LogP contribution is 2.27. The van der Waals surface area contributed by atoms with Crippen LogP contribution in [-0.2, 0) is 42.9 Å². The van der Waals surface area contributed by atoms with Gasteiger partial charge in [0.05, 0.1) is 6.61 Å². The van der Waals surface area contributed by atoms with E-state index in [9.17, 15) is 34.5 Å². The SMILES string of the molecule is CC/C=C\C/C=C\C/C=C\CCCCCCCCCC(=O)OC1C(OCC(COC(=O)CCCCCCCCCCC/C=C\C/C=C\CCCCC)OC(=O)CCCCCCCCCCCCCCCCC)OC(C(=O)O)C(O)C1O. The van der Waals surface area contributed by atoms with Crippen molar-refractivity contribution in [2.75, 3.05) is 13.2 Å². The molecular formula is C69H120O12. The number of ether oxygens (including phenoxy) is 5. The van der Waals surface area contributed by atoms with E-state index in [4.69, 9.17) is 23.7 Å². The first-order chi connectivity index (χ1) is 39.6. The number of unbranched alkanes of at least 4 members (excludes halogenated alkanes) is 33. The number of carbonyl (C=O) groups is 4. The van der Waals surface area contributed by atoms with E-state index < -0.39 is 67.3 Å². The maximum absolute atomic E-state index is 13.2. The van der Waals surface area contributed by atoms with Crippen molar-refractivity contribution in [1.82, 2.24) is 0 Å². The maximum atomic E-state index is 13.2. The molecule has 0 aliphatic carbocycles. The zero-order chi connectivity index (χ0) is 58.9. The number of aliphatic hydroxyl groups excluding tert-OH is 2. The Morgan fingerprint density at radius 3 is 1.21 bits per heavy atom. The zero-order valence-corrected chi connectivity index (χ0v) is 51.8. The number of hydrogen-bond donors (Lipinski definition) is 3. The molecule has 1 fully saturated rings. The molecule has 1 aliphatic heterocycles. The lowest BCUT2D eigenvalue weighted by Crippen LogP contribution is -2.61. The van der Waals surface area contributed by atoms with Gasteiger partial charge in [-0.25, -0.2) is 4.79 Å². The van der Waals surface area contributed by atoms with Crippen LogP contribution in [0, 0.1) is 0 Å². The van der Waals surface area contributed by atoms with Crippen LogP contribution in [0.2, 0.25) is 0 Å². The fourth-order valence-corrected chi connectivity index (χ4v) is 10.0. The topological polar surface area (TPSA) is 175 Å². The third kappa shape index (κ3) is 46.5. The number of rotatable bonds is 57. The van der Waals surface area contributed by atoms with E-state index in [-0.39, 0.29) is 25.9 Å². The van der Waals surface area contributed by atoms with E-state index in [0.717, 1.165) is 116 Å². The molecule has 12 heteroatoms. The molecule has 6 unspecified atom stereocenters. The normalized spacial score (nSPS) is 18.1. The monoisotopic (exact) mass is 1140 g/mol. The first kappa shape index (κ1) is 75.4. The van der Waals surface area contributed by atoms with E-state index in [1.807, 2.05) is 0 Å². The van der Waals surface area contributed by atoms with Crippen LogP contribution in [0.3, 0.4) is 0 Å². The molecule has 0 spiro atoms. The second kappa shape index (κ2) is 56.9. The number of hydrogen-bond acceptors (Lipinski definition) is 11. The second-order valence-corrected chi connectivity index (χ2v) is 22.7. The summed E-state index contributed by atoms with van der Waals surface area (Å²) in [6, 6.07) is 0. The summed E-state index contributed by atoms with van der Waals surface area (Å²) in [6.07, 6.45) is 58.8. The second-order valence-electron chi connectivity index (χ2n) is 22.7. The Morgan fingerprint density at radius 1 is 0.420 bits per heavy atom. The fourth-order valence-electron chi connectivity index (χ4n) is 10.0. The molecule has 81 heavy (non-hydrogen) atoms. The van der Waals surface area contributed by atoms with E-state index in [1.54, 1.807) is 0 Å². The third-order valence-electron chi connectivity index (χ3n) is 15.1. The van der Waals surface area contributed by atoms with Gasteiger partial charge in [-0.15, -0.1) is 0 Å². The van der Waals surface area contributed by atoms with Crippen LogP contribution in [0.5, 0.6) is 0 Å². The molecule has 0 aromatic carbocycles. The summed E-state index contributed by atoms with van der Waals surface area (Å²) in [5, 5.41) is 31.6. The van der Waals surface area contributed by atoms with Crippen LogP contribution in [0.15, 0.2) is 60.8 Å². The van der Waals surface area contributed by atoms with Crippen molar-refractivity contribution >= 4 is 23.9 Å². The quantitative estimate of drug-likeness (QED) is 0.0228. The van der Waals surface area contributed by atoms with E-state index in [0.29, 0.717) is 19.3 Å². The van der Waals surface area contributed by atoms with Crippen LogP contribution >= 0.6 is 0 Å². The van der Waals surface area contributed by atoms with Crippen molar-refractivity contribution in [2.45, 2.75) is 340 Å². The van der Waals surface area contributed by atoms with E-state index >= 15 is 0 Å². The maximum Gasteiger partial charge on any atom is 0.335 e. The van der Waals surface area contributed by atoms with Gasteiger partial charge in [-0.3, -0.25) is 14.4 Å². The molecule has 3 N–H and O–H groups in total. The molecule has 0 amide bonds. The summed E-state index contributed by atoms with van der Waals surface area (Å²) in [6.45, 7) is 5.90. The smallest absolute Gasteiger partial charge is 0.335 e. The van der Waals surface area contributed by atoms with Crippen LogP contribution < -0.4 is 0 Å². The van der Waals surface area contributed by atoms with Gasteiger partial charge in [0.2, 0.25) is 0 Å². The highest BCUT2D eigenvalue weighted by atomic mass is 16.7. The van der Waals surface area contributed by atoms with Gasteiger partial charge in [0.25, 0.3) is 0 Å². The summed E-state index contributed by atoms with van der Waals surface area (Å²) in [5.41, 5.74) is 0. The van der Waals surface area contributed by atoms with Crippen LogP contribution in [0.1, 0.15) is 303 Å². The van der Waals surface area contributed by atoms with Crippen LogP contribution in [0.4, 0.5) is 0 Å². The van der Waals surface area contributed by atoms with Crippen LogP contribution in [0.25, 0.3) is 0 Å². The lowest BCUT2D eigenvalue weighted by Gasteiger charge is -2.40. The molecular weight excluding hydrogens is 1020 g/mol. The molecule has 0 bridgehead atoms. The Morgan fingerprint density at radius 2 is 0.778 bits per heavy atom. The molecule has 0 saturated carbocycles. The Kier molecular flexibility index (Phi) is 53.0. The van der Waals surface area contributed by atoms with Crippen molar-refractivity contribution in [3.8, 4) is 0 Å². The molecule has 0 radical (unpaired) electrons. The number of carbonyl (C=O) groups excluding carboxylic acids is 3.